The van der Waals surface area contributed by atoms with Crippen molar-refractivity contribution in [2.24, 2.45) is 11.8 Å². The number of alkyl halides is 3. The fourth-order valence-corrected chi connectivity index (χ4v) is 3.08. The van der Waals surface area contributed by atoms with Crippen molar-refractivity contribution in [3.63, 3.8) is 0 Å². The zero-order chi connectivity index (χ0) is 18.8. The highest BCUT2D eigenvalue weighted by atomic mass is 19.4. The number of ether oxygens (including phenoxy) is 1. The van der Waals surface area contributed by atoms with Crippen LogP contribution in [-0.4, -0.2) is 35.4 Å². The van der Waals surface area contributed by atoms with Crippen molar-refractivity contribution in [2.45, 2.75) is 26.4 Å². The molecule has 0 spiro atoms. The summed E-state index contributed by atoms with van der Waals surface area (Å²) in [5.74, 6) is -0.356. The van der Waals surface area contributed by atoms with E-state index in [1.807, 2.05) is 13.8 Å². The number of likely N-dealkylation sites (tertiary alicyclic amines) is 1. The molecule has 0 bridgehead atoms. The predicted octanol–water partition coefficient (Wildman–Crippen LogP) is 3.50. The normalized spacial score (nSPS) is 21.1. The van der Waals surface area contributed by atoms with Crippen molar-refractivity contribution in [1.29, 1.82) is 0 Å². The quantitative estimate of drug-likeness (QED) is 0.609. The van der Waals surface area contributed by atoms with E-state index in [9.17, 15) is 28.1 Å². The van der Waals surface area contributed by atoms with E-state index in [4.69, 9.17) is 4.74 Å². The van der Waals surface area contributed by atoms with Gasteiger partial charge in [-0.1, -0.05) is 13.8 Å². The minimum Gasteiger partial charge on any atom is -0.483 e. The first-order valence-electron chi connectivity index (χ1n) is 7.84. The average Bonchev–Trinajstić information content (AvgIpc) is 2.50. The molecule has 0 N–H and O–H groups in total. The van der Waals surface area contributed by atoms with Crippen molar-refractivity contribution in [3.05, 3.63) is 33.9 Å². The third kappa shape index (κ3) is 4.83. The standard InChI is InChI=1S/C16H19F3N2O4/c1-10-5-11(2)8-20(7-10)15(22)9-25-14-4-3-12(21(23)24)6-13(14)16(17,18)19/h3-4,6,10-11H,5,7-9H2,1-2H3. The number of hydrogen-bond acceptors (Lipinski definition) is 4. The van der Waals surface area contributed by atoms with Gasteiger partial charge < -0.3 is 9.64 Å². The fourth-order valence-electron chi connectivity index (χ4n) is 3.08. The van der Waals surface area contributed by atoms with Gasteiger partial charge in [-0.2, -0.15) is 13.2 Å². The Morgan fingerprint density at radius 1 is 1.32 bits per heavy atom. The summed E-state index contributed by atoms with van der Waals surface area (Å²) in [6.45, 7) is 4.56. The molecule has 1 aromatic rings. The Morgan fingerprint density at radius 2 is 1.92 bits per heavy atom. The van der Waals surface area contributed by atoms with Gasteiger partial charge >= 0.3 is 6.18 Å². The molecule has 138 valence electrons. The van der Waals surface area contributed by atoms with Crippen LogP contribution in [-0.2, 0) is 11.0 Å². The van der Waals surface area contributed by atoms with Gasteiger partial charge in [-0.25, -0.2) is 0 Å². The number of non-ortho nitro benzene ring substituents is 1. The number of nitro groups is 1. The van der Waals surface area contributed by atoms with E-state index >= 15 is 0 Å². The number of piperidine rings is 1. The molecule has 1 aliphatic rings. The molecule has 1 aliphatic heterocycles. The Balaban J connectivity index is 2.12. The Morgan fingerprint density at radius 3 is 2.44 bits per heavy atom. The van der Waals surface area contributed by atoms with Gasteiger partial charge in [0.15, 0.2) is 6.61 Å². The fraction of sp³-hybridized carbons (Fsp3) is 0.562. The van der Waals surface area contributed by atoms with Gasteiger partial charge in [0, 0.05) is 25.2 Å². The van der Waals surface area contributed by atoms with Gasteiger partial charge in [0.2, 0.25) is 0 Å². The first kappa shape index (κ1) is 19.0. The number of nitrogens with zero attached hydrogens (tertiary/aromatic N) is 2. The Kier molecular flexibility index (Phi) is 5.54. The molecule has 1 heterocycles. The zero-order valence-corrected chi connectivity index (χ0v) is 13.9. The molecular weight excluding hydrogens is 341 g/mol. The summed E-state index contributed by atoms with van der Waals surface area (Å²) in [4.78, 5) is 23.5. The number of carbonyl (C=O) groups excluding carboxylic acids is 1. The number of hydrogen-bond donors (Lipinski definition) is 0. The lowest BCUT2D eigenvalue weighted by Crippen LogP contribution is -2.44. The minimum atomic E-state index is -4.82. The minimum absolute atomic E-state index is 0.317. The summed E-state index contributed by atoms with van der Waals surface area (Å²) in [6.07, 6.45) is -3.83. The maximum atomic E-state index is 13.1. The van der Waals surface area contributed by atoms with Crippen LogP contribution in [0.4, 0.5) is 18.9 Å². The highest BCUT2D eigenvalue weighted by molar-refractivity contribution is 5.78. The van der Waals surface area contributed by atoms with Crippen LogP contribution >= 0.6 is 0 Å². The van der Waals surface area contributed by atoms with E-state index in [0.29, 0.717) is 31.0 Å². The molecule has 2 rings (SSSR count). The Labute approximate surface area is 142 Å². The van der Waals surface area contributed by atoms with Crippen LogP contribution in [0.1, 0.15) is 25.8 Å². The lowest BCUT2D eigenvalue weighted by Gasteiger charge is -2.34. The van der Waals surface area contributed by atoms with Gasteiger partial charge in [-0.15, -0.1) is 0 Å². The van der Waals surface area contributed by atoms with E-state index in [1.165, 1.54) is 0 Å². The van der Waals surface area contributed by atoms with Gasteiger partial charge in [-0.05, 0) is 24.3 Å². The lowest BCUT2D eigenvalue weighted by molar-refractivity contribution is -0.385. The van der Waals surface area contributed by atoms with Gasteiger partial charge in [-0.3, -0.25) is 14.9 Å². The van der Waals surface area contributed by atoms with Gasteiger partial charge in [0.1, 0.15) is 11.3 Å². The molecule has 2 unspecified atom stereocenters. The summed E-state index contributed by atoms with van der Waals surface area (Å²) in [7, 11) is 0. The van der Waals surface area contributed by atoms with E-state index in [0.717, 1.165) is 18.6 Å². The van der Waals surface area contributed by atoms with Crippen LogP contribution in [0.25, 0.3) is 0 Å². The first-order valence-corrected chi connectivity index (χ1v) is 7.84. The summed E-state index contributed by atoms with van der Waals surface area (Å²) >= 11 is 0. The molecule has 0 saturated carbocycles. The first-order chi connectivity index (χ1) is 11.6. The number of carbonyl (C=O) groups is 1. The van der Waals surface area contributed by atoms with Crippen LogP contribution in [0.5, 0.6) is 5.75 Å². The zero-order valence-electron chi connectivity index (χ0n) is 13.9. The summed E-state index contributed by atoms with van der Waals surface area (Å²) in [6, 6.07) is 2.20. The van der Waals surface area contributed by atoms with Crippen molar-refractivity contribution >= 4 is 11.6 Å². The summed E-state index contributed by atoms with van der Waals surface area (Å²) in [5, 5.41) is 10.7. The van der Waals surface area contributed by atoms with Crippen LogP contribution in [0.3, 0.4) is 0 Å². The van der Waals surface area contributed by atoms with E-state index in [-0.39, 0.29) is 0 Å². The molecule has 9 heteroatoms. The van der Waals surface area contributed by atoms with Crippen molar-refractivity contribution < 1.29 is 27.6 Å². The molecule has 25 heavy (non-hydrogen) atoms. The third-order valence-electron chi connectivity index (χ3n) is 4.05. The topological polar surface area (TPSA) is 72.7 Å². The maximum absolute atomic E-state index is 13.1. The molecule has 6 nitrogen and oxygen atoms in total. The second kappa shape index (κ2) is 7.28. The number of benzene rings is 1. The Bertz CT molecular complexity index is 653. The molecule has 0 aliphatic carbocycles. The van der Waals surface area contributed by atoms with Crippen LogP contribution in [0, 0.1) is 22.0 Å². The number of nitro benzene ring substituents is 1. The molecule has 1 fully saturated rings. The molecular formula is C16H19F3N2O4. The van der Waals surface area contributed by atoms with Gasteiger partial charge in [0.05, 0.1) is 4.92 Å². The van der Waals surface area contributed by atoms with Crippen LogP contribution in [0.15, 0.2) is 18.2 Å². The second-order valence-electron chi connectivity index (χ2n) is 6.47. The summed E-state index contributed by atoms with van der Waals surface area (Å²) in [5.41, 5.74) is -1.96. The monoisotopic (exact) mass is 360 g/mol. The highest BCUT2D eigenvalue weighted by Crippen LogP contribution is 2.38. The second-order valence-corrected chi connectivity index (χ2v) is 6.47. The molecule has 1 amide bonds. The molecule has 2 atom stereocenters. The molecule has 0 aromatic heterocycles. The van der Waals surface area contributed by atoms with Crippen molar-refractivity contribution in [3.8, 4) is 5.75 Å². The van der Waals surface area contributed by atoms with Crippen LogP contribution in [0.2, 0.25) is 0 Å². The van der Waals surface area contributed by atoms with E-state index < -0.39 is 40.6 Å². The molecule has 0 radical (unpaired) electrons. The number of rotatable bonds is 4. The third-order valence-corrected chi connectivity index (χ3v) is 4.05. The SMILES string of the molecule is CC1CC(C)CN(C(=O)COc2ccc([N+](=O)[O-])cc2C(F)(F)F)C1. The Hall–Kier alpha value is -2.32. The average molecular weight is 360 g/mol. The smallest absolute Gasteiger partial charge is 0.420 e. The van der Waals surface area contributed by atoms with Crippen molar-refractivity contribution in [1.82, 2.24) is 4.90 Å². The maximum Gasteiger partial charge on any atom is 0.420 e. The number of halogens is 3. The molecule has 1 saturated heterocycles. The largest absolute Gasteiger partial charge is 0.483 e. The predicted molar refractivity (Wildman–Crippen MR) is 83.1 cm³/mol. The lowest BCUT2D eigenvalue weighted by atomic mass is 9.92. The van der Waals surface area contributed by atoms with Crippen molar-refractivity contribution in [2.75, 3.05) is 19.7 Å². The molecule has 1 aromatic carbocycles. The number of amides is 1. The van der Waals surface area contributed by atoms with Crippen LogP contribution < -0.4 is 4.74 Å². The van der Waals surface area contributed by atoms with Gasteiger partial charge in [0.25, 0.3) is 11.6 Å². The van der Waals surface area contributed by atoms with E-state index in [1.54, 1.807) is 4.90 Å². The highest BCUT2D eigenvalue weighted by Gasteiger charge is 2.36. The van der Waals surface area contributed by atoms with E-state index in [2.05, 4.69) is 0 Å². The summed E-state index contributed by atoms with van der Waals surface area (Å²) < 4.78 is 44.3.